The lowest BCUT2D eigenvalue weighted by atomic mass is 9.56. The Morgan fingerprint density at radius 2 is 1.23 bits per heavy atom. The minimum atomic E-state index is -1.54. The Hall–Kier alpha value is -3.98. The van der Waals surface area contributed by atoms with Crippen molar-refractivity contribution in [2.45, 2.75) is 47.1 Å². The van der Waals surface area contributed by atoms with E-state index in [2.05, 4.69) is 15.9 Å². The van der Waals surface area contributed by atoms with Crippen LogP contribution in [-0.4, -0.2) is 42.4 Å². The number of aromatic hydroxyl groups is 1. The van der Waals surface area contributed by atoms with E-state index in [-0.39, 0.29) is 5.75 Å². The maximum absolute atomic E-state index is 12.4. The lowest BCUT2D eigenvalue weighted by molar-refractivity contribution is -0.0664. The van der Waals surface area contributed by atoms with Crippen molar-refractivity contribution >= 4 is 39.1 Å². The van der Waals surface area contributed by atoms with E-state index in [1.807, 2.05) is 84.0 Å². The van der Waals surface area contributed by atoms with Crippen LogP contribution in [0.25, 0.3) is 33.5 Å². The second kappa shape index (κ2) is 10.2. The Kier molecular flexibility index (Phi) is 7.40. The molecule has 2 amide bonds. The van der Waals surface area contributed by atoms with Gasteiger partial charge in [-0.05, 0) is 44.5 Å². The molecule has 0 bridgehead atoms. The molecule has 3 N–H and O–H groups in total. The summed E-state index contributed by atoms with van der Waals surface area (Å²) in [5, 5.41) is 30.9. The van der Waals surface area contributed by atoms with Crippen molar-refractivity contribution in [1.82, 2.24) is 14.9 Å². The first-order valence-electron chi connectivity index (χ1n) is 12.7. The molecule has 4 rings (SSSR count). The van der Waals surface area contributed by atoms with Gasteiger partial charge in [-0.2, -0.15) is 0 Å². The zero-order chi connectivity index (χ0) is 29.6. The fraction of sp³-hybridized carbons (Fsp3) is 0.290. The molecule has 0 unspecified atom stereocenters. The number of benzene rings is 3. The number of phenolic OH excluding ortho intramolecular Hbond substituents is 1. The predicted octanol–water partition coefficient (Wildman–Crippen LogP) is 8.38. The van der Waals surface area contributed by atoms with Gasteiger partial charge in [-0.3, -0.25) is 0 Å². The molecular weight excluding hydrogens is 574 g/mol. The summed E-state index contributed by atoms with van der Waals surface area (Å²) in [6.45, 7) is 11.1. The molecule has 0 aliphatic heterocycles. The molecule has 9 heteroatoms. The van der Waals surface area contributed by atoms with Gasteiger partial charge in [-0.15, -0.1) is 0 Å². The molecular formula is C31H32BrN3O5. The van der Waals surface area contributed by atoms with Crippen molar-refractivity contribution in [2.75, 3.05) is 0 Å². The zero-order valence-corrected chi connectivity index (χ0v) is 24.8. The number of carbonyl (C=O) groups is 2. The van der Waals surface area contributed by atoms with Crippen LogP contribution in [0, 0.1) is 10.8 Å². The molecule has 3 aromatic carbocycles. The first-order valence-corrected chi connectivity index (χ1v) is 13.5. The van der Waals surface area contributed by atoms with Gasteiger partial charge in [0.2, 0.25) is 0 Å². The number of aromatic nitrogens is 2. The normalized spacial score (nSPS) is 12.4. The Morgan fingerprint density at radius 1 is 0.725 bits per heavy atom. The molecule has 1 heterocycles. The average molecular weight is 607 g/mol. The van der Waals surface area contributed by atoms with Gasteiger partial charge >= 0.3 is 12.2 Å². The minimum Gasteiger partial charge on any atom is -0.504 e. The van der Waals surface area contributed by atoms with Crippen LogP contribution in [0.15, 0.2) is 71.2 Å². The van der Waals surface area contributed by atoms with Gasteiger partial charge < -0.3 is 15.3 Å². The Balaban J connectivity index is 2.00. The van der Waals surface area contributed by atoms with E-state index < -0.39 is 28.6 Å². The van der Waals surface area contributed by atoms with Crippen molar-refractivity contribution < 1.29 is 24.9 Å². The van der Waals surface area contributed by atoms with Crippen molar-refractivity contribution in [3.63, 3.8) is 0 Å². The Morgan fingerprint density at radius 3 is 1.73 bits per heavy atom. The number of carboxylic acid groups (broad SMARTS) is 2. The molecule has 0 saturated carbocycles. The Bertz CT molecular complexity index is 1560. The topological polar surface area (TPSA) is 124 Å². The largest absolute Gasteiger partial charge is 0.504 e. The van der Waals surface area contributed by atoms with E-state index >= 15 is 0 Å². The third-order valence-corrected chi connectivity index (χ3v) is 7.91. The summed E-state index contributed by atoms with van der Waals surface area (Å²) < 4.78 is 0.507. The average Bonchev–Trinajstić information content (AvgIpc) is 2.87. The summed E-state index contributed by atoms with van der Waals surface area (Å²) in [5.41, 5.74) is 0.961. The number of phenols is 1. The quantitative estimate of drug-likeness (QED) is 0.213. The van der Waals surface area contributed by atoms with Crippen LogP contribution < -0.4 is 0 Å². The highest BCUT2D eigenvalue weighted by Crippen LogP contribution is 2.56. The van der Waals surface area contributed by atoms with Crippen LogP contribution in [-0.2, 0) is 5.54 Å². The smallest absolute Gasteiger partial charge is 0.417 e. The molecule has 0 aliphatic rings. The van der Waals surface area contributed by atoms with Crippen molar-refractivity contribution in [1.29, 1.82) is 0 Å². The lowest BCUT2D eigenvalue weighted by Crippen LogP contribution is -2.64. The first kappa shape index (κ1) is 29.0. The maximum atomic E-state index is 12.4. The summed E-state index contributed by atoms with van der Waals surface area (Å²) in [7, 11) is 0. The summed E-state index contributed by atoms with van der Waals surface area (Å²) >= 11 is 3.35. The number of hydrogen-bond donors (Lipinski definition) is 3. The number of fused-ring (bicyclic) bond motifs is 1. The highest BCUT2D eigenvalue weighted by molar-refractivity contribution is 9.10. The van der Waals surface area contributed by atoms with Crippen LogP contribution in [0.1, 0.15) is 47.1 Å². The summed E-state index contributed by atoms with van der Waals surface area (Å²) in [5.74, 6) is -0.00773. The molecule has 1 aromatic heterocycles. The van der Waals surface area contributed by atoms with Crippen LogP contribution in [0.2, 0.25) is 0 Å². The van der Waals surface area contributed by atoms with Gasteiger partial charge in [0, 0.05) is 11.1 Å². The van der Waals surface area contributed by atoms with Gasteiger partial charge in [-0.25, -0.2) is 24.5 Å². The fourth-order valence-electron chi connectivity index (χ4n) is 6.11. The van der Waals surface area contributed by atoms with Gasteiger partial charge in [0.25, 0.3) is 0 Å². The molecule has 4 aromatic rings. The number of nitrogens with zero attached hydrogens (tertiary/aromatic N) is 3. The van der Waals surface area contributed by atoms with Crippen molar-refractivity contribution in [2.24, 2.45) is 10.8 Å². The van der Waals surface area contributed by atoms with E-state index in [1.165, 1.54) is 0 Å². The highest BCUT2D eigenvalue weighted by atomic mass is 79.9. The highest BCUT2D eigenvalue weighted by Gasteiger charge is 2.60. The summed E-state index contributed by atoms with van der Waals surface area (Å²) in [6, 6.07) is 20.1. The van der Waals surface area contributed by atoms with Gasteiger partial charge in [0.1, 0.15) is 5.52 Å². The van der Waals surface area contributed by atoms with Gasteiger partial charge in [0.05, 0.1) is 26.9 Å². The number of imide groups is 1. The van der Waals surface area contributed by atoms with Crippen LogP contribution in [0.3, 0.4) is 0 Å². The molecule has 208 valence electrons. The monoisotopic (exact) mass is 605 g/mol. The third kappa shape index (κ3) is 4.68. The van der Waals surface area contributed by atoms with Crippen LogP contribution in [0.4, 0.5) is 9.59 Å². The van der Waals surface area contributed by atoms with E-state index in [0.29, 0.717) is 42.9 Å². The molecule has 0 atom stereocenters. The molecule has 0 spiro atoms. The minimum absolute atomic E-state index is 0.00773. The lowest BCUT2D eigenvalue weighted by Gasteiger charge is -2.56. The van der Waals surface area contributed by atoms with Gasteiger partial charge in [-0.1, -0.05) is 96.1 Å². The van der Waals surface area contributed by atoms with E-state index in [0.717, 1.165) is 5.56 Å². The zero-order valence-electron chi connectivity index (χ0n) is 23.2. The predicted molar refractivity (Wildman–Crippen MR) is 158 cm³/mol. The molecule has 40 heavy (non-hydrogen) atoms. The number of halogens is 1. The van der Waals surface area contributed by atoms with Gasteiger partial charge in [0.15, 0.2) is 5.75 Å². The van der Waals surface area contributed by atoms with Crippen LogP contribution >= 0.6 is 15.9 Å². The molecule has 8 nitrogen and oxygen atoms in total. The molecule has 0 fully saturated rings. The summed E-state index contributed by atoms with van der Waals surface area (Å²) in [6.07, 6.45) is -3.08. The Labute approximate surface area is 241 Å². The SMILES string of the molecule is CC(C)(C)C(c1ccc(-c2nc3ccc(Br)c(O)c3nc2-c2ccccc2)cc1)(N(C(=O)O)C(=O)O)C(C)(C)C. The van der Waals surface area contributed by atoms with E-state index in [4.69, 9.17) is 9.97 Å². The molecule has 0 saturated heterocycles. The van der Waals surface area contributed by atoms with Crippen LogP contribution in [0.5, 0.6) is 5.75 Å². The summed E-state index contributed by atoms with van der Waals surface area (Å²) in [4.78, 5) is 35.0. The first-order chi connectivity index (χ1) is 18.6. The number of hydrogen-bond acceptors (Lipinski definition) is 5. The van der Waals surface area contributed by atoms with E-state index in [1.54, 1.807) is 24.3 Å². The van der Waals surface area contributed by atoms with E-state index in [9.17, 15) is 24.9 Å². The number of amides is 2. The second-order valence-corrected chi connectivity index (χ2v) is 12.6. The molecule has 0 radical (unpaired) electrons. The van der Waals surface area contributed by atoms with Crippen molar-refractivity contribution in [3.8, 4) is 28.3 Å². The molecule has 0 aliphatic carbocycles. The third-order valence-electron chi connectivity index (χ3n) is 7.27. The second-order valence-electron chi connectivity index (χ2n) is 11.7. The maximum Gasteiger partial charge on any atom is 0.417 e. The standard InChI is InChI=1S/C31H32BrN3O5/c1-29(2,3)31(30(4,5)6,35(27(37)38)28(39)40)20-14-12-19(13-15-20)23-24(18-10-8-7-9-11-18)34-25-22(33-23)17-16-21(32)26(25)36/h7-17,36H,1-6H3,(H,37,38)(H,39,40). The number of rotatable bonds is 4. The van der Waals surface area contributed by atoms with Crippen molar-refractivity contribution in [3.05, 3.63) is 76.8 Å². The fourth-order valence-corrected chi connectivity index (χ4v) is 6.43.